The van der Waals surface area contributed by atoms with Gasteiger partial charge in [0.2, 0.25) is 0 Å². The van der Waals surface area contributed by atoms with E-state index in [1.807, 2.05) is 6.92 Å². The molecule has 1 aliphatic carbocycles. The first kappa shape index (κ1) is 27.2. The first-order valence-corrected chi connectivity index (χ1v) is 13.2. The first-order valence-electron chi connectivity index (χ1n) is 13.2. The summed E-state index contributed by atoms with van der Waals surface area (Å²) in [4.78, 5) is 21.3. The number of pyridine rings is 2. The minimum Gasteiger partial charge on any atom is -0.391 e. The van der Waals surface area contributed by atoms with Gasteiger partial charge in [-0.15, -0.1) is 0 Å². The van der Waals surface area contributed by atoms with E-state index in [-0.39, 0.29) is 23.4 Å². The quantitative estimate of drug-likeness (QED) is 0.424. The van der Waals surface area contributed by atoms with E-state index in [1.165, 1.54) is 18.3 Å². The van der Waals surface area contributed by atoms with Crippen LogP contribution in [-0.2, 0) is 4.74 Å². The molecule has 39 heavy (non-hydrogen) atoms. The van der Waals surface area contributed by atoms with Crippen molar-refractivity contribution in [2.75, 3.05) is 18.5 Å². The summed E-state index contributed by atoms with van der Waals surface area (Å²) in [5.74, 6) is -3.62. The second-order valence-electron chi connectivity index (χ2n) is 10.5. The number of ether oxygens (including phenoxy) is 1. The molecule has 4 N–H and O–H groups in total. The molecule has 0 spiro atoms. The molecule has 1 aliphatic heterocycles. The van der Waals surface area contributed by atoms with Crippen LogP contribution in [0.2, 0.25) is 0 Å². The summed E-state index contributed by atoms with van der Waals surface area (Å²) in [7, 11) is 0. The highest BCUT2D eigenvalue weighted by Crippen LogP contribution is 2.39. The van der Waals surface area contributed by atoms with Crippen molar-refractivity contribution in [3.8, 4) is 11.3 Å². The zero-order valence-electron chi connectivity index (χ0n) is 21.5. The maximum Gasteiger partial charge on any atom is 0.274 e. The van der Waals surface area contributed by atoms with Crippen LogP contribution >= 0.6 is 0 Å². The van der Waals surface area contributed by atoms with Gasteiger partial charge in [0.05, 0.1) is 23.6 Å². The van der Waals surface area contributed by atoms with Crippen LogP contribution in [0.15, 0.2) is 42.7 Å². The lowest BCUT2D eigenvalue weighted by Crippen LogP contribution is -2.44. The second kappa shape index (κ2) is 11.4. The molecule has 4 atom stereocenters. The topological polar surface area (TPSA) is 110 Å². The number of hydrogen-bond donors (Lipinski definition) is 3. The van der Waals surface area contributed by atoms with Gasteiger partial charge in [0.1, 0.15) is 28.8 Å². The third-order valence-electron chi connectivity index (χ3n) is 7.85. The Balaban J connectivity index is 1.41. The smallest absolute Gasteiger partial charge is 0.274 e. The summed E-state index contributed by atoms with van der Waals surface area (Å²) in [6.45, 7) is 2.95. The lowest BCUT2D eigenvalue weighted by molar-refractivity contribution is 0.0521. The summed E-state index contributed by atoms with van der Waals surface area (Å²) < 4.78 is 50.4. The highest BCUT2D eigenvalue weighted by atomic mass is 19.1. The molecule has 7 nitrogen and oxygen atoms in total. The maximum absolute atomic E-state index is 15.1. The molecule has 0 bridgehead atoms. The number of amides is 1. The number of carbonyl (C=O) groups is 1. The van der Waals surface area contributed by atoms with Crippen molar-refractivity contribution in [1.82, 2.24) is 9.97 Å². The lowest BCUT2D eigenvalue weighted by Gasteiger charge is -2.36. The Morgan fingerprint density at radius 2 is 1.77 bits per heavy atom. The van der Waals surface area contributed by atoms with E-state index < -0.39 is 46.8 Å². The molecule has 1 amide bonds. The number of benzene rings is 1. The van der Waals surface area contributed by atoms with Crippen LogP contribution in [0, 0.1) is 23.4 Å². The molecule has 0 radical (unpaired) electrons. The van der Waals surface area contributed by atoms with E-state index in [1.54, 1.807) is 12.3 Å². The molecule has 10 heteroatoms. The van der Waals surface area contributed by atoms with Crippen molar-refractivity contribution in [2.45, 2.75) is 56.6 Å². The van der Waals surface area contributed by atoms with Crippen LogP contribution in [0.5, 0.6) is 0 Å². The summed E-state index contributed by atoms with van der Waals surface area (Å²) in [5, 5.41) is 13.0. The average Bonchev–Trinajstić information content (AvgIpc) is 2.92. The predicted molar refractivity (Wildman–Crippen MR) is 140 cm³/mol. The molecule has 3 heterocycles. The Morgan fingerprint density at radius 3 is 2.46 bits per heavy atom. The van der Waals surface area contributed by atoms with E-state index in [0.717, 1.165) is 17.7 Å². The Morgan fingerprint density at radius 1 is 1.05 bits per heavy atom. The number of halogens is 3. The number of anilines is 1. The van der Waals surface area contributed by atoms with Crippen molar-refractivity contribution in [3.05, 3.63) is 77.0 Å². The minimum absolute atomic E-state index is 0.0223. The number of aromatic nitrogens is 2. The van der Waals surface area contributed by atoms with Crippen LogP contribution in [0.25, 0.3) is 11.3 Å². The number of nitrogens with zero attached hydrogens (tertiary/aromatic N) is 2. The molecule has 1 saturated carbocycles. The highest BCUT2D eigenvalue weighted by Gasteiger charge is 2.34. The van der Waals surface area contributed by atoms with Crippen LogP contribution in [0.3, 0.4) is 0 Å². The fourth-order valence-electron chi connectivity index (χ4n) is 5.71. The third kappa shape index (κ3) is 5.68. The van der Waals surface area contributed by atoms with E-state index >= 15 is 8.78 Å². The Bertz CT molecular complexity index is 1330. The van der Waals surface area contributed by atoms with Gasteiger partial charge in [0.25, 0.3) is 5.91 Å². The number of nitrogens with one attached hydrogen (secondary N) is 1. The first-order chi connectivity index (χ1) is 18.7. The summed E-state index contributed by atoms with van der Waals surface area (Å²) in [6.07, 6.45) is 4.98. The molecule has 1 aromatic carbocycles. The van der Waals surface area contributed by atoms with Gasteiger partial charge in [0, 0.05) is 25.5 Å². The molecule has 5 rings (SSSR count). The van der Waals surface area contributed by atoms with E-state index in [2.05, 4.69) is 15.3 Å². The van der Waals surface area contributed by atoms with Gasteiger partial charge in [0.15, 0.2) is 0 Å². The SMILES string of the molecule is C[C@H]1C[C@@H](c2ccncc2NC(=O)c2ccc(F)c(-c3c(F)cc(C4CCOCC4)cc3F)n2)C[C@@H](N)[C@@H]1O. The van der Waals surface area contributed by atoms with Crippen LogP contribution in [0.1, 0.15) is 66.1 Å². The second-order valence-corrected chi connectivity index (χ2v) is 10.5. The molecule has 2 aliphatic rings. The number of nitrogens with two attached hydrogens (primary N) is 1. The number of carbonyl (C=O) groups excluding carboxylic acids is 1. The van der Waals surface area contributed by atoms with Crippen molar-refractivity contribution >= 4 is 11.6 Å². The highest BCUT2D eigenvalue weighted by molar-refractivity contribution is 6.03. The fraction of sp³-hybridized carbons (Fsp3) is 0.414. The van der Waals surface area contributed by atoms with Crippen LogP contribution in [-0.4, -0.2) is 46.3 Å². The number of aliphatic hydroxyl groups is 1. The van der Waals surface area contributed by atoms with Gasteiger partial charge in [-0.05, 0) is 84.9 Å². The van der Waals surface area contributed by atoms with Gasteiger partial charge in [-0.25, -0.2) is 18.2 Å². The van der Waals surface area contributed by atoms with E-state index in [9.17, 15) is 14.3 Å². The van der Waals surface area contributed by atoms with Crippen molar-refractivity contribution in [3.63, 3.8) is 0 Å². The molecular weight excluding hydrogens is 509 g/mol. The summed E-state index contributed by atoms with van der Waals surface area (Å²) in [5.41, 5.74) is 6.44. The Hall–Kier alpha value is -3.34. The minimum atomic E-state index is -0.950. The van der Waals surface area contributed by atoms with Crippen molar-refractivity contribution in [1.29, 1.82) is 0 Å². The molecular formula is C29H31F3N4O3. The van der Waals surface area contributed by atoms with Crippen LogP contribution in [0.4, 0.5) is 18.9 Å². The zero-order chi connectivity index (χ0) is 27.7. The van der Waals surface area contributed by atoms with Crippen molar-refractivity contribution < 1.29 is 27.8 Å². The normalized spacial score (nSPS) is 23.9. The molecule has 2 aromatic heterocycles. The van der Waals surface area contributed by atoms with Gasteiger partial charge < -0.3 is 20.9 Å². The van der Waals surface area contributed by atoms with E-state index in [4.69, 9.17) is 10.5 Å². The van der Waals surface area contributed by atoms with E-state index in [0.29, 0.717) is 50.1 Å². The van der Waals surface area contributed by atoms with Gasteiger partial charge in [-0.1, -0.05) is 6.92 Å². The Labute approximate surface area is 224 Å². The van der Waals surface area contributed by atoms with Gasteiger partial charge in [-0.3, -0.25) is 9.78 Å². The molecule has 3 aromatic rings. The Kier molecular flexibility index (Phi) is 7.97. The van der Waals surface area contributed by atoms with Crippen LogP contribution < -0.4 is 11.1 Å². The summed E-state index contributed by atoms with van der Waals surface area (Å²) >= 11 is 0. The number of hydrogen-bond acceptors (Lipinski definition) is 6. The maximum atomic E-state index is 15.1. The number of aliphatic hydroxyl groups excluding tert-OH is 1. The molecule has 2 fully saturated rings. The monoisotopic (exact) mass is 540 g/mol. The van der Waals surface area contributed by atoms with Crippen molar-refractivity contribution in [2.24, 2.45) is 11.7 Å². The predicted octanol–water partition coefficient (Wildman–Crippen LogP) is 4.91. The average molecular weight is 541 g/mol. The number of rotatable bonds is 5. The fourth-order valence-corrected chi connectivity index (χ4v) is 5.71. The van der Waals surface area contributed by atoms with Gasteiger partial charge in [-0.2, -0.15) is 0 Å². The lowest BCUT2D eigenvalue weighted by atomic mass is 9.74. The summed E-state index contributed by atoms with van der Waals surface area (Å²) in [6, 6.07) is 5.92. The molecule has 206 valence electrons. The standard InChI is InChI=1S/C29H31F3N4O3/c1-15-10-18(13-23(33)28(15)37)19-4-7-34-14-25(19)36-29(38)24-3-2-20(30)27(35-24)26-21(31)11-17(12-22(26)32)16-5-8-39-9-6-16/h2-4,7,11-12,14-16,18,23,28,37H,5-6,8-10,13,33H2,1H3,(H,36,38)/t15-,18+,23+,28+/m0/s1. The molecule has 1 saturated heterocycles. The largest absolute Gasteiger partial charge is 0.391 e. The third-order valence-corrected chi connectivity index (χ3v) is 7.85. The zero-order valence-corrected chi connectivity index (χ0v) is 21.5. The molecule has 0 unspecified atom stereocenters. The van der Waals surface area contributed by atoms with Gasteiger partial charge >= 0.3 is 0 Å².